The first kappa shape index (κ1) is 15.7. The van der Waals surface area contributed by atoms with Crippen molar-refractivity contribution >= 4 is 5.97 Å². The van der Waals surface area contributed by atoms with Gasteiger partial charge in [0.1, 0.15) is 11.6 Å². The van der Waals surface area contributed by atoms with Crippen LogP contribution in [0.3, 0.4) is 0 Å². The van der Waals surface area contributed by atoms with Gasteiger partial charge in [0.05, 0.1) is 0 Å². The minimum atomic E-state index is -1.26. The molecular weight excluding hydrogens is 242 g/mol. The summed E-state index contributed by atoms with van der Waals surface area (Å²) in [5.74, 6) is 3.45. The molecule has 4 nitrogen and oxygen atoms in total. The molecule has 0 aliphatic heterocycles. The average Bonchev–Trinajstić information content (AvgIpc) is 2.39. The van der Waals surface area contributed by atoms with Crippen molar-refractivity contribution < 1.29 is 15.0 Å². The van der Waals surface area contributed by atoms with Crippen LogP contribution in [0.2, 0.25) is 0 Å². The van der Waals surface area contributed by atoms with E-state index in [1.807, 2.05) is 0 Å². The molecule has 0 saturated heterocycles. The summed E-state index contributed by atoms with van der Waals surface area (Å²) in [4.78, 5) is 9.61. The van der Waals surface area contributed by atoms with Gasteiger partial charge < -0.3 is 10.2 Å². The molecule has 2 N–H and O–H groups in total. The van der Waals surface area contributed by atoms with E-state index in [0.29, 0.717) is 0 Å². The van der Waals surface area contributed by atoms with Crippen LogP contribution in [0.1, 0.15) is 38.5 Å². The van der Waals surface area contributed by atoms with Crippen LogP contribution in [-0.2, 0) is 4.79 Å². The van der Waals surface area contributed by atoms with E-state index in [9.17, 15) is 4.79 Å². The number of carbonyl (C=O) groups is 1. The standard InChI is InChI=1S/C10H16.C4H3NO2.CH4O/c1-7-2-9-4-8(1)5-10(3-7)6-9;1-3(2-5)4(6)7;1-2/h7-10H,1-6H2;1H2,(H,6,7);2H,1H3. The van der Waals surface area contributed by atoms with Gasteiger partial charge >= 0.3 is 5.97 Å². The molecule has 106 valence electrons. The minimum absolute atomic E-state index is 0.431. The molecule has 0 aromatic heterocycles. The summed E-state index contributed by atoms with van der Waals surface area (Å²) >= 11 is 0. The van der Waals surface area contributed by atoms with Crippen molar-refractivity contribution in [2.75, 3.05) is 7.11 Å². The third-order valence-corrected chi connectivity index (χ3v) is 4.39. The van der Waals surface area contributed by atoms with Crippen LogP contribution < -0.4 is 0 Å². The highest BCUT2D eigenvalue weighted by Crippen LogP contribution is 2.53. The molecule has 4 saturated carbocycles. The van der Waals surface area contributed by atoms with Crippen LogP contribution in [0.5, 0.6) is 0 Å². The van der Waals surface area contributed by atoms with Gasteiger partial charge in [-0.1, -0.05) is 6.58 Å². The van der Waals surface area contributed by atoms with Gasteiger partial charge in [-0.05, 0) is 62.2 Å². The zero-order chi connectivity index (χ0) is 14.4. The lowest BCUT2D eigenvalue weighted by Gasteiger charge is -2.49. The van der Waals surface area contributed by atoms with E-state index in [-0.39, 0.29) is 0 Å². The molecule has 0 unspecified atom stereocenters. The Morgan fingerprint density at radius 1 is 1.00 bits per heavy atom. The van der Waals surface area contributed by atoms with Crippen molar-refractivity contribution in [3.8, 4) is 6.07 Å². The normalized spacial score (nSPS) is 33.1. The maximum atomic E-state index is 9.61. The second-order valence-electron chi connectivity index (χ2n) is 5.77. The number of carboxylic acid groups (broad SMARTS) is 1. The molecular formula is C15H23NO3. The van der Waals surface area contributed by atoms with Crippen LogP contribution in [-0.4, -0.2) is 23.3 Å². The number of rotatable bonds is 1. The summed E-state index contributed by atoms with van der Waals surface area (Å²) in [5.41, 5.74) is -0.431. The van der Waals surface area contributed by atoms with Crippen molar-refractivity contribution in [2.24, 2.45) is 23.7 Å². The molecule has 4 heteroatoms. The fourth-order valence-electron chi connectivity index (χ4n) is 4.03. The molecule has 0 radical (unpaired) electrons. The second-order valence-corrected chi connectivity index (χ2v) is 5.77. The van der Waals surface area contributed by atoms with Gasteiger partial charge in [-0.25, -0.2) is 4.79 Å². The number of carboxylic acids is 1. The molecule has 0 aromatic carbocycles. The topological polar surface area (TPSA) is 81.3 Å². The first-order valence-electron chi connectivity index (χ1n) is 6.85. The minimum Gasteiger partial charge on any atom is -0.477 e. The fourth-order valence-corrected chi connectivity index (χ4v) is 4.03. The summed E-state index contributed by atoms with van der Waals surface area (Å²) in [6.45, 7) is 2.91. The van der Waals surface area contributed by atoms with Crippen LogP contribution in [0.15, 0.2) is 12.2 Å². The van der Waals surface area contributed by atoms with E-state index in [0.717, 1.165) is 7.11 Å². The highest BCUT2D eigenvalue weighted by atomic mass is 16.4. The van der Waals surface area contributed by atoms with E-state index < -0.39 is 11.5 Å². The zero-order valence-corrected chi connectivity index (χ0v) is 11.5. The highest BCUT2D eigenvalue weighted by Gasteiger charge is 2.41. The number of aliphatic hydroxyl groups is 1. The van der Waals surface area contributed by atoms with Gasteiger partial charge in [0.25, 0.3) is 0 Å². The molecule has 4 aliphatic rings. The summed E-state index contributed by atoms with van der Waals surface area (Å²) < 4.78 is 0. The Balaban J connectivity index is 0.000000180. The Bertz CT molecular complexity index is 314. The van der Waals surface area contributed by atoms with Crippen molar-refractivity contribution in [1.82, 2.24) is 0 Å². The summed E-state index contributed by atoms with van der Waals surface area (Å²) in [5, 5.41) is 22.6. The maximum Gasteiger partial charge on any atom is 0.345 e. The van der Waals surface area contributed by atoms with Gasteiger partial charge in [-0.15, -0.1) is 0 Å². The smallest absolute Gasteiger partial charge is 0.345 e. The molecule has 0 spiro atoms. The van der Waals surface area contributed by atoms with E-state index in [1.165, 1.54) is 29.7 Å². The Hall–Kier alpha value is -1.34. The number of aliphatic hydroxyl groups excluding tert-OH is 1. The molecule has 0 atom stereocenters. The van der Waals surface area contributed by atoms with Gasteiger partial charge in [-0.2, -0.15) is 5.26 Å². The molecule has 19 heavy (non-hydrogen) atoms. The quantitative estimate of drug-likeness (QED) is 0.564. The molecule has 4 rings (SSSR count). The third kappa shape index (κ3) is 4.36. The SMILES string of the molecule is C1C2CC3CC1CC(C2)C3.C=C(C#N)C(=O)O.CO. The number of hydrogen-bond acceptors (Lipinski definition) is 3. The Labute approximate surface area is 114 Å². The predicted octanol–water partition coefficient (Wildman–Crippen LogP) is 2.59. The van der Waals surface area contributed by atoms with Crippen LogP contribution >= 0.6 is 0 Å². The molecule has 0 amide bonds. The summed E-state index contributed by atoms with van der Waals surface area (Å²) in [6.07, 6.45) is 9.62. The maximum absolute atomic E-state index is 9.61. The van der Waals surface area contributed by atoms with E-state index in [2.05, 4.69) is 6.58 Å². The largest absolute Gasteiger partial charge is 0.477 e. The van der Waals surface area contributed by atoms with Crippen molar-refractivity contribution in [3.63, 3.8) is 0 Å². The molecule has 0 aromatic rings. The van der Waals surface area contributed by atoms with Crippen LogP contribution in [0.4, 0.5) is 0 Å². The van der Waals surface area contributed by atoms with Crippen LogP contribution in [0, 0.1) is 35.0 Å². The van der Waals surface area contributed by atoms with Crippen molar-refractivity contribution in [1.29, 1.82) is 5.26 Å². The third-order valence-electron chi connectivity index (χ3n) is 4.39. The lowest BCUT2D eigenvalue weighted by Crippen LogP contribution is -2.38. The van der Waals surface area contributed by atoms with Gasteiger partial charge in [0.2, 0.25) is 0 Å². The molecule has 4 fully saturated rings. The lowest BCUT2D eigenvalue weighted by molar-refractivity contribution is -0.132. The van der Waals surface area contributed by atoms with Gasteiger partial charge in [-0.3, -0.25) is 0 Å². The molecule has 4 aliphatic carbocycles. The molecule has 4 bridgehead atoms. The number of nitriles is 1. The second kappa shape index (κ2) is 7.30. The monoisotopic (exact) mass is 265 g/mol. The van der Waals surface area contributed by atoms with Crippen molar-refractivity contribution in [2.45, 2.75) is 38.5 Å². The average molecular weight is 265 g/mol. The lowest BCUT2D eigenvalue weighted by atomic mass is 9.56. The Morgan fingerprint density at radius 2 is 1.26 bits per heavy atom. The number of aliphatic carboxylic acids is 1. The fraction of sp³-hybridized carbons (Fsp3) is 0.733. The van der Waals surface area contributed by atoms with E-state index in [1.54, 1.807) is 38.5 Å². The predicted molar refractivity (Wildman–Crippen MR) is 72.2 cm³/mol. The Kier molecular flexibility index (Phi) is 6.04. The van der Waals surface area contributed by atoms with E-state index >= 15 is 0 Å². The van der Waals surface area contributed by atoms with E-state index in [4.69, 9.17) is 15.5 Å². The molecule has 0 heterocycles. The first-order chi connectivity index (χ1) is 9.08. The first-order valence-corrected chi connectivity index (χ1v) is 6.85. The van der Waals surface area contributed by atoms with Crippen molar-refractivity contribution in [3.05, 3.63) is 12.2 Å². The highest BCUT2D eigenvalue weighted by molar-refractivity contribution is 5.90. The number of nitrogens with zero attached hydrogens (tertiary/aromatic N) is 1. The van der Waals surface area contributed by atoms with Gasteiger partial charge in [0.15, 0.2) is 0 Å². The summed E-state index contributed by atoms with van der Waals surface area (Å²) in [6, 6.07) is 1.37. The number of hydrogen-bond donors (Lipinski definition) is 2. The van der Waals surface area contributed by atoms with Crippen LogP contribution in [0.25, 0.3) is 0 Å². The zero-order valence-electron chi connectivity index (χ0n) is 11.5. The summed E-state index contributed by atoms with van der Waals surface area (Å²) in [7, 11) is 1.00. The Morgan fingerprint density at radius 3 is 1.37 bits per heavy atom. The van der Waals surface area contributed by atoms with Gasteiger partial charge in [0, 0.05) is 7.11 Å².